The number of ketones is 1. The fraction of sp³-hybridized carbons (Fsp3) is 0.757. The van der Waals surface area contributed by atoms with E-state index in [1.165, 1.54) is 4.90 Å². The van der Waals surface area contributed by atoms with Gasteiger partial charge in [-0.15, -0.1) is 24.7 Å². The fourth-order valence-electron chi connectivity index (χ4n) is 7.40. The monoisotopic (exact) mass is 715 g/mol. The quantitative estimate of drug-likeness (QED) is 0.129. The van der Waals surface area contributed by atoms with E-state index in [2.05, 4.69) is 33.1 Å². The second-order valence-electron chi connectivity index (χ2n) is 16.9. The van der Waals surface area contributed by atoms with Crippen molar-refractivity contribution in [2.45, 2.75) is 135 Å². The summed E-state index contributed by atoms with van der Waals surface area (Å²) in [5, 5.41) is 11.0. The lowest BCUT2D eigenvalue weighted by Gasteiger charge is -2.41. The smallest absolute Gasteiger partial charge is 0.315 e. The summed E-state index contributed by atoms with van der Waals surface area (Å²) in [4.78, 5) is 69.4. The summed E-state index contributed by atoms with van der Waals surface area (Å²) in [6.07, 6.45) is 14.5. The van der Waals surface area contributed by atoms with Gasteiger partial charge in [-0.3, -0.25) is 19.2 Å². The first-order valence-corrected chi connectivity index (χ1v) is 19.3. The van der Waals surface area contributed by atoms with Crippen LogP contribution in [0.15, 0.2) is 0 Å². The van der Waals surface area contributed by atoms with Crippen molar-refractivity contribution in [3.05, 3.63) is 0 Å². The molecule has 1 heterocycles. The number of Topliss-reactive ketones (excluding diaryl/α,β-unsaturated/α-hetero) is 1. The van der Waals surface area contributed by atoms with Gasteiger partial charge in [0.1, 0.15) is 12.1 Å². The van der Waals surface area contributed by atoms with Crippen LogP contribution in [0.25, 0.3) is 0 Å². The lowest BCUT2D eigenvalue weighted by Crippen LogP contribution is -2.64. The molecule has 0 radical (unpaired) electrons. The number of terminal acetylenes is 2. The van der Waals surface area contributed by atoms with Crippen LogP contribution in [-0.2, 0) is 29.0 Å². The average molecular weight is 716 g/mol. The van der Waals surface area contributed by atoms with Crippen LogP contribution < -0.4 is 21.3 Å². The second-order valence-corrected chi connectivity index (χ2v) is 19.6. The number of rotatable bonds is 13. The maximum Gasteiger partial charge on any atom is 0.315 e. The first kappa shape index (κ1) is 40.8. The largest absolute Gasteiger partial charge is 0.348 e. The number of carbonyl (C=O) groups is 5. The predicted molar refractivity (Wildman–Crippen MR) is 192 cm³/mol. The Bertz CT molecular complexity index is 1520. The molecule has 1 aliphatic heterocycles. The summed E-state index contributed by atoms with van der Waals surface area (Å²) in [5.41, 5.74) is -2.02. The Balaban J connectivity index is 1.86. The number of fused-ring (bicyclic) bond motifs is 1. The molecule has 3 rings (SSSR count). The first-order chi connectivity index (χ1) is 23.0. The van der Waals surface area contributed by atoms with Crippen molar-refractivity contribution in [3.63, 3.8) is 0 Å². The van der Waals surface area contributed by atoms with Crippen LogP contribution >= 0.6 is 0 Å². The number of hydrogen-bond donors (Lipinski definition) is 4. The molecule has 0 aromatic rings. The number of nitrogens with zero attached hydrogens (tertiary/aromatic N) is 1. The van der Waals surface area contributed by atoms with Crippen molar-refractivity contribution in [3.8, 4) is 24.7 Å². The van der Waals surface area contributed by atoms with E-state index in [-0.39, 0.29) is 55.4 Å². The number of amides is 5. The van der Waals surface area contributed by atoms with Crippen LogP contribution in [0, 0.1) is 47.4 Å². The van der Waals surface area contributed by atoms with Crippen LogP contribution in [0.3, 0.4) is 0 Å². The molecule has 0 bridgehead atoms. The zero-order chi connectivity index (χ0) is 37.9. The van der Waals surface area contributed by atoms with Crippen LogP contribution in [0.5, 0.6) is 0 Å². The van der Waals surface area contributed by atoms with E-state index in [0.29, 0.717) is 12.8 Å². The minimum atomic E-state index is -3.58. The minimum Gasteiger partial charge on any atom is -0.348 e. The second kappa shape index (κ2) is 15.3. The number of piperidine rings is 1. The normalized spacial score (nSPS) is 23.6. The molecule has 5 amide bonds. The maximum atomic E-state index is 14.4. The lowest BCUT2D eigenvalue weighted by atomic mass is 9.83. The summed E-state index contributed by atoms with van der Waals surface area (Å²) in [5.74, 6) is 1.63. The Labute approximate surface area is 298 Å². The van der Waals surface area contributed by atoms with Crippen molar-refractivity contribution in [2.75, 3.05) is 18.8 Å². The molecule has 5 atom stereocenters. The van der Waals surface area contributed by atoms with Crippen LogP contribution in [-0.4, -0.2) is 90.1 Å². The Hall–Kier alpha value is -3.58. The first-order valence-electron chi connectivity index (χ1n) is 17.6. The van der Waals surface area contributed by atoms with E-state index in [1.807, 2.05) is 13.8 Å². The predicted octanol–water partition coefficient (Wildman–Crippen LogP) is 2.71. The van der Waals surface area contributed by atoms with Crippen molar-refractivity contribution >= 4 is 39.4 Å². The summed E-state index contributed by atoms with van der Waals surface area (Å²) in [6.45, 7) is 14.8. The van der Waals surface area contributed by atoms with Gasteiger partial charge in [0.25, 0.3) is 5.91 Å². The Kier molecular flexibility index (Phi) is 12.5. The van der Waals surface area contributed by atoms with Gasteiger partial charge >= 0.3 is 6.03 Å². The highest BCUT2D eigenvalue weighted by Crippen LogP contribution is 2.65. The van der Waals surface area contributed by atoms with Crippen LogP contribution in [0.4, 0.5) is 4.79 Å². The van der Waals surface area contributed by atoms with Gasteiger partial charge in [0, 0.05) is 25.9 Å². The molecule has 12 nitrogen and oxygen atoms in total. The highest BCUT2D eigenvalue weighted by atomic mass is 32.2. The van der Waals surface area contributed by atoms with E-state index in [9.17, 15) is 32.4 Å². The van der Waals surface area contributed by atoms with E-state index in [1.54, 1.807) is 41.5 Å². The van der Waals surface area contributed by atoms with Gasteiger partial charge in [0.15, 0.2) is 9.84 Å². The molecule has 3 aliphatic rings. The molecule has 2 aliphatic carbocycles. The standard InChI is InChI=1S/C37H57N5O7S/c1-11-13-18-25(28(43)31(45)38-21-14-12-2)39-30(44)27-26-24(36(26,9)10)22-42(27)32(46)29(34(3,4)5)40-33(47)41-37(19-16-15-17-20-37)23-50(48,49)35(6,7)8/h1-2,24-27,29H,13-23H2,3-10H3,(H,38,45)(H,39,44)(H2,40,41,47)/t24?,25?,26-,27-,29+/m0/s1. The lowest BCUT2D eigenvalue weighted by molar-refractivity contribution is -0.145. The van der Waals surface area contributed by atoms with Crippen molar-refractivity contribution in [2.24, 2.45) is 22.7 Å². The van der Waals surface area contributed by atoms with Crippen LogP contribution in [0.1, 0.15) is 107 Å². The molecule has 0 aromatic carbocycles. The van der Waals surface area contributed by atoms with Gasteiger partial charge in [0.05, 0.1) is 22.1 Å². The van der Waals surface area contributed by atoms with E-state index >= 15 is 0 Å². The third kappa shape index (κ3) is 9.20. The van der Waals surface area contributed by atoms with E-state index < -0.39 is 73.2 Å². The van der Waals surface area contributed by atoms with Crippen molar-refractivity contribution < 1.29 is 32.4 Å². The highest BCUT2D eigenvalue weighted by Gasteiger charge is 2.70. The number of likely N-dealkylation sites (tertiary alicyclic amines) is 1. The van der Waals surface area contributed by atoms with Crippen molar-refractivity contribution in [1.82, 2.24) is 26.2 Å². The Morgan fingerprint density at radius 3 is 2.06 bits per heavy atom. The summed E-state index contributed by atoms with van der Waals surface area (Å²) in [7, 11) is -3.58. The molecule has 50 heavy (non-hydrogen) atoms. The Morgan fingerprint density at radius 1 is 0.920 bits per heavy atom. The fourth-order valence-corrected chi connectivity index (χ4v) is 8.92. The van der Waals surface area contributed by atoms with Gasteiger partial charge < -0.3 is 26.2 Å². The van der Waals surface area contributed by atoms with E-state index in [0.717, 1.165) is 19.3 Å². The van der Waals surface area contributed by atoms with Crippen molar-refractivity contribution in [1.29, 1.82) is 0 Å². The maximum absolute atomic E-state index is 14.4. The zero-order valence-corrected chi connectivity index (χ0v) is 31.8. The average Bonchev–Trinajstić information content (AvgIpc) is 3.31. The van der Waals surface area contributed by atoms with Gasteiger partial charge in [-0.2, -0.15) is 0 Å². The van der Waals surface area contributed by atoms with Gasteiger partial charge in [-0.25, -0.2) is 13.2 Å². The minimum absolute atomic E-state index is 0.0108. The number of urea groups is 1. The number of carbonyl (C=O) groups excluding carboxylic acids is 5. The Morgan fingerprint density at radius 2 is 1.52 bits per heavy atom. The number of nitrogens with one attached hydrogen (secondary N) is 4. The molecule has 1 saturated heterocycles. The van der Waals surface area contributed by atoms with E-state index in [4.69, 9.17) is 12.8 Å². The molecular weight excluding hydrogens is 659 g/mol. The number of hydrogen-bond acceptors (Lipinski definition) is 7. The van der Waals surface area contributed by atoms with Gasteiger partial charge in [-0.05, 0) is 62.7 Å². The van der Waals surface area contributed by atoms with Gasteiger partial charge in [0.2, 0.25) is 17.6 Å². The summed E-state index contributed by atoms with van der Waals surface area (Å²) >= 11 is 0. The summed E-state index contributed by atoms with van der Waals surface area (Å²) < 4.78 is 25.6. The van der Waals surface area contributed by atoms with Gasteiger partial charge in [-0.1, -0.05) is 53.9 Å². The molecule has 0 spiro atoms. The molecule has 2 unspecified atom stereocenters. The topological polar surface area (TPSA) is 171 Å². The molecule has 3 fully saturated rings. The molecule has 4 N–H and O–H groups in total. The molecule has 13 heteroatoms. The highest BCUT2D eigenvalue weighted by molar-refractivity contribution is 7.92. The SMILES string of the molecule is C#CCCNC(=O)C(=O)C(CCC#C)NC(=O)[C@@H]1[C@@H]2C(CN1C(=O)[C@@H](NC(=O)NC1(CS(=O)(=O)C(C)(C)C)CCCCC1)C(C)(C)C)C2(C)C. The zero-order valence-electron chi connectivity index (χ0n) is 31.0. The molecule has 278 valence electrons. The molecular formula is C37H57N5O7S. The third-order valence-electron chi connectivity index (χ3n) is 10.7. The number of sulfone groups is 1. The molecule has 2 saturated carbocycles. The third-order valence-corrected chi connectivity index (χ3v) is 13.5. The molecule has 0 aromatic heterocycles. The van der Waals surface area contributed by atoms with Crippen LogP contribution in [0.2, 0.25) is 0 Å². The summed E-state index contributed by atoms with van der Waals surface area (Å²) in [6, 6.07) is -3.88.